The first-order valence-corrected chi connectivity index (χ1v) is 7.39. The molecule has 1 aliphatic rings. The van der Waals surface area contributed by atoms with Crippen molar-refractivity contribution in [3.63, 3.8) is 0 Å². The average Bonchev–Trinajstić information content (AvgIpc) is 2.61. The fourth-order valence-corrected chi connectivity index (χ4v) is 2.98. The predicted molar refractivity (Wildman–Crippen MR) is 80.0 cm³/mol. The minimum Gasteiger partial charge on any atom is -0.338 e. The van der Waals surface area contributed by atoms with Crippen LogP contribution < -0.4 is 5.73 Å². The van der Waals surface area contributed by atoms with Gasteiger partial charge in [-0.05, 0) is 38.8 Å². The van der Waals surface area contributed by atoms with Gasteiger partial charge in [-0.15, -0.1) is 0 Å². The van der Waals surface area contributed by atoms with Crippen LogP contribution in [0.4, 0.5) is 0 Å². The van der Waals surface area contributed by atoms with Crippen molar-refractivity contribution in [2.24, 2.45) is 11.1 Å². The Balaban J connectivity index is 2.48. The molecule has 1 heterocycles. The maximum absolute atomic E-state index is 12.4. The Morgan fingerprint density at radius 2 is 2.05 bits per heavy atom. The fraction of sp³-hybridized carbons (Fsp3) is 0.933. The van der Waals surface area contributed by atoms with Crippen molar-refractivity contribution in [2.75, 3.05) is 27.2 Å². The second kappa shape index (κ2) is 6.71. The summed E-state index contributed by atoms with van der Waals surface area (Å²) in [6.07, 6.45) is 3.63. The number of nitrogens with zero attached hydrogens (tertiary/aromatic N) is 2. The Morgan fingerprint density at radius 1 is 1.42 bits per heavy atom. The summed E-state index contributed by atoms with van der Waals surface area (Å²) < 4.78 is 0. The van der Waals surface area contributed by atoms with Crippen molar-refractivity contribution < 1.29 is 4.79 Å². The third kappa shape index (κ3) is 5.91. The van der Waals surface area contributed by atoms with E-state index >= 15 is 0 Å². The predicted octanol–water partition coefficient (Wildman–Crippen LogP) is 1.69. The van der Waals surface area contributed by atoms with Gasteiger partial charge < -0.3 is 15.5 Å². The van der Waals surface area contributed by atoms with Crippen LogP contribution in [0.3, 0.4) is 0 Å². The van der Waals surface area contributed by atoms with E-state index in [9.17, 15) is 4.79 Å². The summed E-state index contributed by atoms with van der Waals surface area (Å²) in [6.45, 7) is 8.37. The molecule has 0 saturated carbocycles. The highest BCUT2D eigenvalue weighted by Crippen LogP contribution is 2.23. The lowest BCUT2D eigenvalue weighted by Gasteiger charge is -2.29. The summed E-state index contributed by atoms with van der Waals surface area (Å²) in [5.74, 6) is 0.237. The van der Waals surface area contributed by atoms with Gasteiger partial charge in [0.05, 0.1) is 0 Å². The van der Waals surface area contributed by atoms with E-state index in [-0.39, 0.29) is 17.4 Å². The van der Waals surface area contributed by atoms with Crippen molar-refractivity contribution in [3.05, 3.63) is 0 Å². The van der Waals surface area contributed by atoms with Crippen LogP contribution in [0.2, 0.25) is 0 Å². The molecule has 4 heteroatoms. The van der Waals surface area contributed by atoms with E-state index in [1.165, 1.54) is 0 Å². The molecule has 0 spiro atoms. The maximum atomic E-state index is 12.4. The monoisotopic (exact) mass is 269 g/mol. The molecule has 2 unspecified atom stereocenters. The number of rotatable bonds is 5. The van der Waals surface area contributed by atoms with Gasteiger partial charge in [0.1, 0.15) is 0 Å². The van der Waals surface area contributed by atoms with Gasteiger partial charge in [0.15, 0.2) is 0 Å². The molecule has 0 aromatic carbocycles. The van der Waals surface area contributed by atoms with Crippen LogP contribution in [0.25, 0.3) is 0 Å². The molecule has 1 saturated heterocycles. The zero-order chi connectivity index (χ0) is 14.6. The van der Waals surface area contributed by atoms with E-state index in [2.05, 4.69) is 39.8 Å². The SMILES string of the molecule is CN(C)CC1CCCN1C(=O)CC(N)CC(C)(C)C. The van der Waals surface area contributed by atoms with Crippen LogP contribution in [0.1, 0.15) is 46.5 Å². The molecule has 1 rings (SSSR count). The van der Waals surface area contributed by atoms with Crippen LogP contribution in [-0.2, 0) is 4.79 Å². The molecule has 0 bridgehead atoms. The van der Waals surface area contributed by atoms with Crippen LogP contribution in [-0.4, -0.2) is 55.0 Å². The molecule has 1 amide bonds. The number of nitrogens with two attached hydrogens (primary N) is 1. The Kier molecular flexibility index (Phi) is 5.81. The van der Waals surface area contributed by atoms with E-state index in [0.29, 0.717) is 12.5 Å². The number of carbonyl (C=O) groups is 1. The van der Waals surface area contributed by atoms with E-state index in [1.54, 1.807) is 0 Å². The lowest BCUT2D eigenvalue weighted by Crippen LogP contribution is -2.43. The smallest absolute Gasteiger partial charge is 0.224 e. The molecule has 0 aliphatic carbocycles. The van der Waals surface area contributed by atoms with Gasteiger partial charge in [-0.25, -0.2) is 0 Å². The molecule has 1 fully saturated rings. The number of likely N-dealkylation sites (N-methyl/N-ethyl adjacent to an activating group) is 1. The highest BCUT2D eigenvalue weighted by atomic mass is 16.2. The lowest BCUT2D eigenvalue weighted by atomic mass is 9.87. The lowest BCUT2D eigenvalue weighted by molar-refractivity contribution is -0.132. The van der Waals surface area contributed by atoms with Crippen LogP contribution in [0.15, 0.2) is 0 Å². The van der Waals surface area contributed by atoms with Crippen molar-refractivity contribution in [1.29, 1.82) is 0 Å². The van der Waals surface area contributed by atoms with Crippen LogP contribution >= 0.6 is 0 Å². The number of hydrogen-bond donors (Lipinski definition) is 1. The molecule has 4 nitrogen and oxygen atoms in total. The van der Waals surface area contributed by atoms with Crippen LogP contribution in [0, 0.1) is 5.41 Å². The first kappa shape index (κ1) is 16.4. The molecular weight excluding hydrogens is 238 g/mol. The topological polar surface area (TPSA) is 49.6 Å². The molecule has 0 aromatic rings. The van der Waals surface area contributed by atoms with Gasteiger partial charge in [0.2, 0.25) is 5.91 Å². The first-order chi connectivity index (χ1) is 8.69. The molecule has 112 valence electrons. The second-order valence-corrected chi connectivity index (χ2v) is 7.37. The molecule has 19 heavy (non-hydrogen) atoms. The van der Waals surface area contributed by atoms with Crippen molar-refractivity contribution in [2.45, 2.75) is 58.5 Å². The van der Waals surface area contributed by atoms with Crippen molar-refractivity contribution in [3.8, 4) is 0 Å². The zero-order valence-electron chi connectivity index (χ0n) is 13.3. The van der Waals surface area contributed by atoms with Gasteiger partial charge in [-0.1, -0.05) is 20.8 Å². The number of amides is 1. The van der Waals surface area contributed by atoms with Gasteiger partial charge in [-0.3, -0.25) is 4.79 Å². The molecule has 2 atom stereocenters. The molecular formula is C15H31N3O. The highest BCUT2D eigenvalue weighted by Gasteiger charge is 2.30. The Hall–Kier alpha value is -0.610. The molecule has 0 aromatic heterocycles. The fourth-order valence-electron chi connectivity index (χ4n) is 2.98. The largest absolute Gasteiger partial charge is 0.338 e. The number of likely N-dealkylation sites (tertiary alicyclic amines) is 1. The first-order valence-electron chi connectivity index (χ1n) is 7.39. The normalized spacial score (nSPS) is 22.1. The van der Waals surface area contributed by atoms with Gasteiger partial charge >= 0.3 is 0 Å². The zero-order valence-corrected chi connectivity index (χ0v) is 13.3. The van der Waals surface area contributed by atoms with Gasteiger partial charge in [0, 0.05) is 31.6 Å². The second-order valence-electron chi connectivity index (χ2n) is 7.37. The quantitative estimate of drug-likeness (QED) is 0.826. The summed E-state index contributed by atoms with van der Waals surface area (Å²) >= 11 is 0. The van der Waals surface area contributed by atoms with E-state index < -0.39 is 0 Å². The third-order valence-corrected chi connectivity index (χ3v) is 3.58. The number of carbonyl (C=O) groups excluding carboxylic acids is 1. The Labute approximate surface area is 118 Å². The van der Waals surface area contributed by atoms with Gasteiger partial charge in [-0.2, -0.15) is 0 Å². The standard InChI is InChI=1S/C15H31N3O/c1-15(2,3)10-12(16)9-14(19)18-8-6-7-13(18)11-17(4)5/h12-13H,6-11,16H2,1-5H3. The van der Waals surface area contributed by atoms with E-state index in [0.717, 1.165) is 32.4 Å². The Morgan fingerprint density at radius 3 is 2.58 bits per heavy atom. The minimum atomic E-state index is -0.0203. The summed E-state index contributed by atoms with van der Waals surface area (Å²) in [4.78, 5) is 16.6. The molecule has 2 N–H and O–H groups in total. The third-order valence-electron chi connectivity index (χ3n) is 3.58. The van der Waals surface area contributed by atoms with Crippen molar-refractivity contribution in [1.82, 2.24) is 9.80 Å². The summed E-state index contributed by atoms with van der Waals surface area (Å²) in [7, 11) is 4.12. The van der Waals surface area contributed by atoms with E-state index in [4.69, 9.17) is 5.73 Å². The molecule has 0 radical (unpaired) electrons. The summed E-state index contributed by atoms with van der Waals surface area (Å²) in [5, 5.41) is 0. The summed E-state index contributed by atoms with van der Waals surface area (Å²) in [6, 6.07) is 0.359. The van der Waals surface area contributed by atoms with Crippen molar-refractivity contribution >= 4 is 5.91 Å². The minimum absolute atomic E-state index is 0.0203. The average molecular weight is 269 g/mol. The number of hydrogen-bond acceptors (Lipinski definition) is 3. The Bertz CT molecular complexity index is 296. The maximum Gasteiger partial charge on any atom is 0.224 e. The van der Waals surface area contributed by atoms with Gasteiger partial charge in [0.25, 0.3) is 0 Å². The van der Waals surface area contributed by atoms with Crippen LogP contribution in [0.5, 0.6) is 0 Å². The molecule has 1 aliphatic heterocycles. The van der Waals surface area contributed by atoms with E-state index in [1.807, 2.05) is 4.90 Å². The highest BCUT2D eigenvalue weighted by molar-refractivity contribution is 5.77. The summed E-state index contributed by atoms with van der Waals surface area (Å²) in [5.41, 5.74) is 6.31.